The molecule has 0 unspecified atom stereocenters. The third kappa shape index (κ3) is 4.09. The van der Waals surface area contributed by atoms with Gasteiger partial charge < -0.3 is 4.74 Å². The van der Waals surface area contributed by atoms with E-state index in [4.69, 9.17) is 35.4 Å². The predicted molar refractivity (Wildman–Crippen MR) is 98.9 cm³/mol. The van der Waals surface area contributed by atoms with Gasteiger partial charge in [-0.05, 0) is 48.6 Å². The first-order valence-corrected chi connectivity index (χ1v) is 8.33. The molecule has 1 heterocycles. The number of halogens is 4. The van der Waals surface area contributed by atoms with E-state index in [1.54, 1.807) is 30.3 Å². The number of hydrogen-bond acceptors (Lipinski definition) is 4. The molecule has 0 aliphatic rings. The first-order valence-electron chi connectivity index (χ1n) is 7.17. The molecule has 3 aromatic rings. The van der Waals surface area contributed by atoms with Crippen molar-refractivity contribution in [2.24, 2.45) is 5.10 Å². The Hall–Kier alpha value is -2.29. The van der Waals surface area contributed by atoms with E-state index in [9.17, 15) is 8.78 Å². The predicted octanol–water partition coefficient (Wildman–Crippen LogP) is 5.40. The standard InChI is InChI=1S/C16H10Cl2F2N4OS/c17-12-2-1-3-13(18)11(12)8-21-24-14(22-23-16(24)26)9-4-6-10(7-5-9)25-15(19)20/h1-8,15H,(H,23,26). The average Bonchev–Trinajstić information content (AvgIpc) is 2.95. The molecule has 2 aromatic carbocycles. The van der Waals surface area contributed by atoms with Crippen molar-refractivity contribution >= 4 is 41.6 Å². The van der Waals surface area contributed by atoms with E-state index in [1.807, 2.05) is 0 Å². The van der Waals surface area contributed by atoms with Crippen LogP contribution < -0.4 is 4.74 Å². The van der Waals surface area contributed by atoms with E-state index >= 15 is 0 Å². The van der Waals surface area contributed by atoms with E-state index in [1.165, 1.54) is 23.0 Å². The Morgan fingerprint density at radius 2 is 1.81 bits per heavy atom. The lowest BCUT2D eigenvalue weighted by Gasteiger charge is -2.05. The van der Waals surface area contributed by atoms with Gasteiger partial charge in [0.1, 0.15) is 5.75 Å². The van der Waals surface area contributed by atoms with Gasteiger partial charge in [0.15, 0.2) is 5.82 Å². The molecule has 1 N–H and O–H groups in total. The minimum Gasteiger partial charge on any atom is -0.435 e. The monoisotopic (exact) mass is 414 g/mol. The quantitative estimate of drug-likeness (QED) is 0.449. The zero-order valence-electron chi connectivity index (χ0n) is 12.9. The molecule has 0 atom stereocenters. The molecule has 3 rings (SSSR count). The van der Waals surface area contributed by atoms with E-state index in [0.717, 1.165) is 0 Å². The molecule has 0 radical (unpaired) electrons. The maximum Gasteiger partial charge on any atom is 0.387 e. The van der Waals surface area contributed by atoms with Crippen molar-refractivity contribution in [1.29, 1.82) is 0 Å². The molecule has 0 saturated carbocycles. The summed E-state index contributed by atoms with van der Waals surface area (Å²) in [4.78, 5) is 0. The second kappa shape index (κ2) is 7.94. The highest BCUT2D eigenvalue weighted by atomic mass is 35.5. The Morgan fingerprint density at radius 3 is 2.42 bits per heavy atom. The van der Waals surface area contributed by atoms with Crippen LogP contribution in [-0.2, 0) is 0 Å². The first kappa shape index (κ1) is 18.5. The number of nitrogens with one attached hydrogen (secondary N) is 1. The van der Waals surface area contributed by atoms with Gasteiger partial charge in [-0.25, -0.2) is 5.10 Å². The largest absolute Gasteiger partial charge is 0.435 e. The van der Waals surface area contributed by atoms with Gasteiger partial charge in [-0.2, -0.15) is 23.7 Å². The molecule has 5 nitrogen and oxygen atoms in total. The van der Waals surface area contributed by atoms with Crippen LogP contribution in [0.5, 0.6) is 5.75 Å². The fraction of sp³-hybridized carbons (Fsp3) is 0.0625. The molecule has 0 bridgehead atoms. The average molecular weight is 415 g/mol. The lowest BCUT2D eigenvalue weighted by Crippen LogP contribution is -2.01. The van der Waals surface area contributed by atoms with Crippen molar-refractivity contribution in [1.82, 2.24) is 14.9 Å². The van der Waals surface area contributed by atoms with Crippen LogP contribution >= 0.6 is 35.4 Å². The van der Waals surface area contributed by atoms with Crippen LogP contribution in [0, 0.1) is 4.77 Å². The number of rotatable bonds is 5. The van der Waals surface area contributed by atoms with E-state index in [2.05, 4.69) is 20.0 Å². The second-order valence-electron chi connectivity index (χ2n) is 4.95. The van der Waals surface area contributed by atoms with Gasteiger partial charge in [0.05, 0.1) is 16.3 Å². The Bertz CT molecular complexity index is 982. The maximum absolute atomic E-state index is 12.2. The summed E-state index contributed by atoms with van der Waals surface area (Å²) in [6.45, 7) is -2.89. The van der Waals surface area contributed by atoms with Crippen molar-refractivity contribution < 1.29 is 13.5 Å². The van der Waals surface area contributed by atoms with Crippen LogP contribution in [-0.4, -0.2) is 27.7 Å². The molecular formula is C16H10Cl2F2N4OS. The Kier molecular flexibility index (Phi) is 5.65. The summed E-state index contributed by atoms with van der Waals surface area (Å²) in [6.07, 6.45) is 1.47. The van der Waals surface area contributed by atoms with Crippen molar-refractivity contribution in [2.45, 2.75) is 6.61 Å². The highest BCUT2D eigenvalue weighted by Gasteiger charge is 2.10. The number of H-pyrrole nitrogens is 1. The minimum atomic E-state index is -2.89. The Balaban J connectivity index is 1.95. The number of benzene rings is 2. The molecular weight excluding hydrogens is 405 g/mol. The van der Waals surface area contributed by atoms with Crippen LogP contribution in [0.3, 0.4) is 0 Å². The third-order valence-electron chi connectivity index (χ3n) is 3.29. The van der Waals surface area contributed by atoms with Gasteiger partial charge in [0.25, 0.3) is 0 Å². The number of alkyl halides is 2. The molecule has 134 valence electrons. The van der Waals surface area contributed by atoms with Crippen molar-refractivity contribution in [3.8, 4) is 17.1 Å². The van der Waals surface area contributed by atoms with Crippen LogP contribution in [0.25, 0.3) is 11.4 Å². The highest BCUT2D eigenvalue weighted by Crippen LogP contribution is 2.24. The first-order chi connectivity index (χ1) is 12.5. The summed E-state index contributed by atoms with van der Waals surface area (Å²) in [6, 6.07) is 11.0. The van der Waals surface area contributed by atoms with Crippen molar-refractivity contribution in [3.63, 3.8) is 0 Å². The van der Waals surface area contributed by atoms with Crippen LogP contribution in [0.1, 0.15) is 5.56 Å². The molecule has 10 heteroatoms. The summed E-state index contributed by atoms with van der Waals surface area (Å²) < 4.78 is 30.4. The third-order valence-corrected chi connectivity index (χ3v) is 4.21. The van der Waals surface area contributed by atoms with E-state index < -0.39 is 6.61 Å². The smallest absolute Gasteiger partial charge is 0.387 e. The molecule has 26 heavy (non-hydrogen) atoms. The highest BCUT2D eigenvalue weighted by molar-refractivity contribution is 7.71. The topological polar surface area (TPSA) is 55.2 Å². The van der Waals surface area contributed by atoms with Gasteiger partial charge in [-0.3, -0.25) is 0 Å². The summed E-state index contributed by atoms with van der Waals surface area (Å²) in [5.41, 5.74) is 1.13. The lowest BCUT2D eigenvalue weighted by molar-refractivity contribution is -0.0498. The van der Waals surface area contributed by atoms with Crippen LogP contribution in [0.15, 0.2) is 47.6 Å². The lowest BCUT2D eigenvalue weighted by atomic mass is 10.2. The molecule has 0 saturated heterocycles. The number of aromatic nitrogens is 3. The summed E-state index contributed by atoms with van der Waals surface area (Å²) >= 11 is 17.4. The van der Waals surface area contributed by atoms with Gasteiger partial charge in [0.2, 0.25) is 4.77 Å². The molecule has 0 aliphatic heterocycles. The molecule has 0 spiro atoms. The van der Waals surface area contributed by atoms with Crippen LogP contribution in [0.4, 0.5) is 8.78 Å². The number of nitrogens with zero attached hydrogens (tertiary/aromatic N) is 3. The van der Waals surface area contributed by atoms with Crippen molar-refractivity contribution in [2.75, 3.05) is 0 Å². The van der Waals surface area contributed by atoms with Gasteiger partial charge in [-0.15, -0.1) is 0 Å². The van der Waals surface area contributed by atoms with Crippen molar-refractivity contribution in [3.05, 3.63) is 62.8 Å². The normalized spacial score (nSPS) is 11.4. The Labute approximate surface area is 161 Å². The van der Waals surface area contributed by atoms with Gasteiger partial charge in [-0.1, -0.05) is 29.3 Å². The summed E-state index contributed by atoms with van der Waals surface area (Å²) in [5, 5.41) is 11.9. The fourth-order valence-electron chi connectivity index (χ4n) is 2.12. The second-order valence-corrected chi connectivity index (χ2v) is 6.15. The van der Waals surface area contributed by atoms with Gasteiger partial charge in [0, 0.05) is 11.1 Å². The zero-order valence-corrected chi connectivity index (χ0v) is 15.2. The number of aromatic amines is 1. The van der Waals surface area contributed by atoms with Crippen LogP contribution in [0.2, 0.25) is 10.0 Å². The van der Waals surface area contributed by atoms with Gasteiger partial charge >= 0.3 is 6.61 Å². The molecule has 0 fully saturated rings. The SMILES string of the molecule is FC(F)Oc1ccc(-c2n[nH]c(=S)n2N=Cc2c(Cl)cccc2Cl)cc1. The maximum atomic E-state index is 12.2. The molecule has 0 aliphatic carbocycles. The molecule has 1 aromatic heterocycles. The summed E-state index contributed by atoms with van der Waals surface area (Å²) in [5.74, 6) is 0.425. The Morgan fingerprint density at radius 1 is 1.15 bits per heavy atom. The zero-order chi connectivity index (χ0) is 18.7. The number of ether oxygens (including phenoxy) is 1. The minimum absolute atomic E-state index is 0.0378. The number of hydrogen-bond donors (Lipinski definition) is 1. The van der Waals surface area contributed by atoms with E-state index in [-0.39, 0.29) is 10.5 Å². The fourth-order valence-corrected chi connectivity index (χ4v) is 2.79. The van der Waals surface area contributed by atoms with E-state index in [0.29, 0.717) is 27.0 Å². The summed E-state index contributed by atoms with van der Waals surface area (Å²) in [7, 11) is 0. The molecule has 0 amide bonds.